The molecule has 1 rings (SSSR count). The number of rotatable bonds is 9. The van der Waals surface area contributed by atoms with Gasteiger partial charge in [0, 0.05) is 24.1 Å². The van der Waals surface area contributed by atoms with Crippen molar-refractivity contribution in [3.8, 4) is 0 Å². The van der Waals surface area contributed by atoms with Crippen LogP contribution < -0.4 is 5.32 Å². The van der Waals surface area contributed by atoms with Gasteiger partial charge in [0.1, 0.15) is 0 Å². The molecule has 0 saturated heterocycles. The summed E-state index contributed by atoms with van der Waals surface area (Å²) < 4.78 is 5.59. The van der Waals surface area contributed by atoms with E-state index in [9.17, 15) is 0 Å². The molecule has 0 aromatic carbocycles. The first-order chi connectivity index (χ1) is 8.61. The predicted molar refractivity (Wildman–Crippen MR) is 80.2 cm³/mol. The monoisotopic (exact) mass is 269 g/mol. The first kappa shape index (κ1) is 15.7. The van der Waals surface area contributed by atoms with Crippen LogP contribution in [0.4, 0.5) is 0 Å². The Labute approximate surface area is 116 Å². The molecule has 0 amide bonds. The van der Waals surface area contributed by atoms with Gasteiger partial charge in [-0.05, 0) is 36.2 Å². The van der Waals surface area contributed by atoms with Gasteiger partial charge in [0.25, 0.3) is 0 Å². The van der Waals surface area contributed by atoms with E-state index in [2.05, 4.69) is 50.5 Å². The third-order valence-electron chi connectivity index (χ3n) is 2.80. The Morgan fingerprint density at radius 1 is 1.28 bits per heavy atom. The van der Waals surface area contributed by atoms with E-state index in [1.54, 1.807) is 0 Å². The van der Waals surface area contributed by atoms with E-state index < -0.39 is 0 Å². The molecule has 18 heavy (non-hydrogen) atoms. The smallest absolute Gasteiger partial charge is 0.0489 e. The van der Waals surface area contributed by atoms with Crippen LogP contribution in [0.5, 0.6) is 0 Å². The topological polar surface area (TPSA) is 21.3 Å². The Morgan fingerprint density at radius 2 is 2.06 bits per heavy atom. The highest BCUT2D eigenvalue weighted by molar-refractivity contribution is 7.10. The third-order valence-corrected chi connectivity index (χ3v) is 3.75. The summed E-state index contributed by atoms with van der Waals surface area (Å²) in [6.07, 6.45) is 1.08. The fraction of sp³-hybridized carbons (Fsp3) is 0.733. The van der Waals surface area contributed by atoms with Gasteiger partial charge in [-0.1, -0.05) is 33.8 Å². The van der Waals surface area contributed by atoms with Crippen molar-refractivity contribution in [2.24, 2.45) is 11.8 Å². The molecule has 0 spiro atoms. The van der Waals surface area contributed by atoms with Gasteiger partial charge in [-0.25, -0.2) is 0 Å². The molecular weight excluding hydrogens is 242 g/mol. The van der Waals surface area contributed by atoms with Gasteiger partial charge in [0.2, 0.25) is 0 Å². The molecule has 0 radical (unpaired) electrons. The second-order valence-corrected chi connectivity index (χ2v) is 6.49. The molecule has 104 valence electrons. The molecule has 0 fully saturated rings. The summed E-state index contributed by atoms with van der Waals surface area (Å²) in [5, 5.41) is 5.79. The van der Waals surface area contributed by atoms with Crippen LogP contribution in [0.25, 0.3) is 0 Å². The van der Waals surface area contributed by atoms with Crippen LogP contribution in [0, 0.1) is 11.8 Å². The van der Waals surface area contributed by atoms with Crippen LogP contribution in [0.1, 0.15) is 45.0 Å². The van der Waals surface area contributed by atoms with Gasteiger partial charge in [0.05, 0.1) is 0 Å². The average Bonchev–Trinajstić information content (AvgIpc) is 2.80. The number of nitrogens with one attached hydrogen (secondary N) is 1. The summed E-state index contributed by atoms with van der Waals surface area (Å²) in [5.41, 5.74) is 0. The highest BCUT2D eigenvalue weighted by Gasteiger charge is 2.15. The molecule has 0 aliphatic heterocycles. The largest absolute Gasteiger partial charge is 0.381 e. The van der Waals surface area contributed by atoms with Crippen molar-refractivity contribution in [3.63, 3.8) is 0 Å². The van der Waals surface area contributed by atoms with Crippen LogP contribution in [-0.2, 0) is 4.74 Å². The van der Waals surface area contributed by atoms with Gasteiger partial charge in [-0.15, -0.1) is 11.3 Å². The minimum absolute atomic E-state index is 0.482. The first-order valence-electron chi connectivity index (χ1n) is 6.95. The highest BCUT2D eigenvalue weighted by Crippen LogP contribution is 2.25. The molecule has 1 unspecified atom stereocenters. The lowest BCUT2D eigenvalue weighted by Crippen LogP contribution is -2.26. The van der Waals surface area contributed by atoms with Crippen molar-refractivity contribution >= 4 is 11.3 Å². The molecule has 1 aromatic heterocycles. The normalized spacial score (nSPS) is 13.4. The molecule has 1 heterocycles. The maximum Gasteiger partial charge on any atom is 0.0489 e. The van der Waals surface area contributed by atoms with Crippen LogP contribution in [0.15, 0.2) is 17.5 Å². The fourth-order valence-electron chi connectivity index (χ4n) is 1.88. The predicted octanol–water partition coefficient (Wildman–Crippen LogP) is 4.10. The van der Waals surface area contributed by atoms with E-state index in [1.165, 1.54) is 4.88 Å². The van der Waals surface area contributed by atoms with Crippen molar-refractivity contribution in [2.45, 2.75) is 40.2 Å². The van der Waals surface area contributed by atoms with Crippen LogP contribution in [0.2, 0.25) is 0 Å². The van der Waals surface area contributed by atoms with Crippen LogP contribution >= 0.6 is 11.3 Å². The minimum Gasteiger partial charge on any atom is -0.381 e. The molecule has 1 N–H and O–H groups in total. The quantitative estimate of drug-likeness (QED) is 0.682. The molecule has 3 heteroatoms. The molecule has 2 nitrogen and oxygen atoms in total. The summed E-state index contributed by atoms with van der Waals surface area (Å²) >= 11 is 1.84. The third kappa shape index (κ3) is 5.98. The number of thiophene rings is 1. The maximum atomic E-state index is 5.59. The van der Waals surface area contributed by atoms with Gasteiger partial charge < -0.3 is 10.1 Å². The fourth-order valence-corrected chi connectivity index (χ4v) is 2.86. The van der Waals surface area contributed by atoms with Gasteiger partial charge in [-0.3, -0.25) is 0 Å². The van der Waals surface area contributed by atoms with E-state index in [0.29, 0.717) is 17.9 Å². The SMILES string of the molecule is CC(C)COCCCNC(c1cccs1)C(C)C. The van der Waals surface area contributed by atoms with Crippen LogP contribution in [-0.4, -0.2) is 19.8 Å². The Balaban J connectivity index is 2.19. The Morgan fingerprint density at radius 3 is 2.61 bits per heavy atom. The zero-order valence-electron chi connectivity index (χ0n) is 12.1. The van der Waals surface area contributed by atoms with Gasteiger partial charge >= 0.3 is 0 Å². The van der Waals surface area contributed by atoms with E-state index >= 15 is 0 Å². The zero-order chi connectivity index (χ0) is 13.4. The standard InChI is InChI=1S/C15H27NOS/c1-12(2)11-17-9-6-8-16-15(13(3)4)14-7-5-10-18-14/h5,7,10,12-13,15-16H,6,8-9,11H2,1-4H3. The summed E-state index contributed by atoms with van der Waals surface area (Å²) in [4.78, 5) is 1.44. The molecule has 0 saturated carbocycles. The number of hydrogen-bond donors (Lipinski definition) is 1. The Kier molecular flexibility index (Phi) is 7.56. The van der Waals surface area contributed by atoms with E-state index in [-0.39, 0.29) is 0 Å². The summed E-state index contributed by atoms with van der Waals surface area (Å²) in [6.45, 7) is 11.7. The Bertz CT molecular complexity index is 295. The lowest BCUT2D eigenvalue weighted by molar-refractivity contribution is 0.107. The van der Waals surface area contributed by atoms with E-state index in [0.717, 1.165) is 26.2 Å². The van der Waals surface area contributed by atoms with Crippen molar-refractivity contribution in [1.29, 1.82) is 0 Å². The second kappa shape index (κ2) is 8.68. The summed E-state index contributed by atoms with van der Waals surface area (Å²) in [6, 6.07) is 4.83. The summed E-state index contributed by atoms with van der Waals surface area (Å²) in [7, 11) is 0. The highest BCUT2D eigenvalue weighted by atomic mass is 32.1. The Hall–Kier alpha value is -0.380. The lowest BCUT2D eigenvalue weighted by Gasteiger charge is -2.21. The zero-order valence-corrected chi connectivity index (χ0v) is 12.9. The average molecular weight is 269 g/mol. The maximum absolute atomic E-state index is 5.59. The lowest BCUT2D eigenvalue weighted by atomic mass is 10.0. The second-order valence-electron chi connectivity index (χ2n) is 5.51. The van der Waals surface area contributed by atoms with Crippen LogP contribution in [0.3, 0.4) is 0 Å². The van der Waals surface area contributed by atoms with Crippen molar-refractivity contribution in [2.75, 3.05) is 19.8 Å². The van der Waals surface area contributed by atoms with Gasteiger partial charge in [-0.2, -0.15) is 0 Å². The number of hydrogen-bond acceptors (Lipinski definition) is 3. The number of ether oxygens (including phenoxy) is 1. The minimum atomic E-state index is 0.482. The summed E-state index contributed by atoms with van der Waals surface area (Å²) in [5.74, 6) is 1.26. The van der Waals surface area contributed by atoms with Crippen molar-refractivity contribution in [1.82, 2.24) is 5.32 Å². The molecule has 1 aromatic rings. The molecule has 0 bridgehead atoms. The molecular formula is C15H27NOS. The van der Waals surface area contributed by atoms with E-state index in [1.807, 2.05) is 11.3 Å². The molecule has 0 aliphatic rings. The van der Waals surface area contributed by atoms with Crippen molar-refractivity contribution in [3.05, 3.63) is 22.4 Å². The van der Waals surface area contributed by atoms with E-state index in [4.69, 9.17) is 4.74 Å². The molecule has 1 atom stereocenters. The van der Waals surface area contributed by atoms with Crippen molar-refractivity contribution < 1.29 is 4.74 Å². The van der Waals surface area contributed by atoms with Gasteiger partial charge in [0.15, 0.2) is 0 Å². The first-order valence-corrected chi connectivity index (χ1v) is 7.83. The molecule has 0 aliphatic carbocycles.